The molecule has 4 nitrogen and oxygen atoms in total. The molecule has 0 bridgehead atoms. The summed E-state index contributed by atoms with van der Waals surface area (Å²) in [7, 11) is 0. The summed E-state index contributed by atoms with van der Waals surface area (Å²) in [5, 5.41) is 8.95. The van der Waals surface area contributed by atoms with E-state index >= 15 is 0 Å². The van der Waals surface area contributed by atoms with Crippen molar-refractivity contribution in [3.63, 3.8) is 0 Å². The molecule has 0 spiro atoms. The second-order valence-corrected chi connectivity index (χ2v) is 3.79. The summed E-state index contributed by atoms with van der Waals surface area (Å²) in [5.41, 5.74) is 0.279. The predicted octanol–water partition coefficient (Wildman–Crippen LogP) is 2.64. The molecule has 16 heavy (non-hydrogen) atoms. The molecule has 1 aromatic rings. The second kappa shape index (κ2) is 6.10. The van der Waals surface area contributed by atoms with Crippen LogP contribution in [0.15, 0.2) is 18.9 Å². The lowest BCUT2D eigenvalue weighted by molar-refractivity contribution is 0.0684. The number of aryl methyl sites for hydroxylation is 1. The molecule has 0 aliphatic carbocycles. The number of unbranched alkanes of at least 4 members (excludes halogenated alkanes) is 3. The molecular formula is C12H18N2O2. The van der Waals surface area contributed by atoms with Gasteiger partial charge in [-0.25, -0.2) is 9.78 Å². The number of hydrogen-bond acceptors (Lipinski definition) is 2. The van der Waals surface area contributed by atoms with Gasteiger partial charge in [0.1, 0.15) is 11.5 Å². The topological polar surface area (TPSA) is 55.1 Å². The molecule has 1 aromatic heterocycles. The maximum atomic E-state index is 10.9. The van der Waals surface area contributed by atoms with Crippen molar-refractivity contribution in [1.82, 2.24) is 9.55 Å². The van der Waals surface area contributed by atoms with Crippen LogP contribution in [0.4, 0.5) is 0 Å². The van der Waals surface area contributed by atoms with Crippen molar-refractivity contribution in [2.45, 2.75) is 39.2 Å². The molecule has 0 amide bonds. The summed E-state index contributed by atoms with van der Waals surface area (Å²) < 4.78 is 1.76. The number of aromatic nitrogens is 2. The largest absolute Gasteiger partial charge is 0.477 e. The van der Waals surface area contributed by atoms with E-state index in [1.54, 1.807) is 4.57 Å². The normalized spacial score (nSPS) is 10.3. The SMILES string of the molecule is C=CCCCCCn1c(C(=O)O)cnc1C. The zero-order chi connectivity index (χ0) is 12.0. The van der Waals surface area contributed by atoms with E-state index in [9.17, 15) is 4.79 Å². The first-order valence-electron chi connectivity index (χ1n) is 5.53. The van der Waals surface area contributed by atoms with Gasteiger partial charge in [-0.3, -0.25) is 0 Å². The molecule has 0 saturated carbocycles. The summed E-state index contributed by atoms with van der Waals surface area (Å²) in [5.74, 6) is -0.146. The van der Waals surface area contributed by atoms with E-state index in [4.69, 9.17) is 5.11 Å². The lowest BCUT2D eigenvalue weighted by Gasteiger charge is -2.07. The Balaban J connectivity index is 2.49. The maximum Gasteiger partial charge on any atom is 0.354 e. The number of nitrogens with zero attached hydrogens (tertiary/aromatic N) is 2. The van der Waals surface area contributed by atoms with Crippen LogP contribution < -0.4 is 0 Å². The predicted molar refractivity (Wildman–Crippen MR) is 62.6 cm³/mol. The van der Waals surface area contributed by atoms with E-state index in [2.05, 4.69) is 11.6 Å². The zero-order valence-electron chi connectivity index (χ0n) is 9.65. The van der Waals surface area contributed by atoms with Gasteiger partial charge in [0.2, 0.25) is 0 Å². The average molecular weight is 222 g/mol. The Bertz CT molecular complexity index is 369. The first kappa shape index (κ1) is 12.5. The van der Waals surface area contributed by atoms with Crippen LogP contribution >= 0.6 is 0 Å². The molecule has 0 aliphatic rings. The number of aromatic carboxylic acids is 1. The zero-order valence-corrected chi connectivity index (χ0v) is 9.65. The summed E-state index contributed by atoms with van der Waals surface area (Å²) in [6.45, 7) is 6.22. The lowest BCUT2D eigenvalue weighted by Crippen LogP contribution is -2.10. The van der Waals surface area contributed by atoms with Crippen molar-refractivity contribution in [1.29, 1.82) is 0 Å². The number of rotatable bonds is 7. The molecule has 0 aromatic carbocycles. The van der Waals surface area contributed by atoms with Gasteiger partial charge in [0.05, 0.1) is 6.20 Å². The minimum atomic E-state index is -0.910. The average Bonchev–Trinajstić information content (AvgIpc) is 2.60. The van der Waals surface area contributed by atoms with Gasteiger partial charge in [-0.1, -0.05) is 12.5 Å². The van der Waals surface area contributed by atoms with Crippen molar-refractivity contribution in [2.24, 2.45) is 0 Å². The van der Waals surface area contributed by atoms with Crippen LogP contribution in [-0.4, -0.2) is 20.6 Å². The quantitative estimate of drug-likeness (QED) is 0.570. The summed E-state index contributed by atoms with van der Waals surface area (Å²) in [6.07, 6.45) is 7.52. The van der Waals surface area contributed by atoms with Gasteiger partial charge in [0, 0.05) is 6.54 Å². The van der Waals surface area contributed by atoms with Gasteiger partial charge in [-0.15, -0.1) is 6.58 Å². The van der Waals surface area contributed by atoms with Crippen LogP contribution in [0.3, 0.4) is 0 Å². The van der Waals surface area contributed by atoms with Crippen molar-refractivity contribution in [3.8, 4) is 0 Å². The van der Waals surface area contributed by atoms with Crippen LogP contribution in [0, 0.1) is 6.92 Å². The molecule has 0 aliphatic heterocycles. The second-order valence-electron chi connectivity index (χ2n) is 3.79. The molecule has 0 fully saturated rings. The first-order chi connectivity index (χ1) is 7.66. The third-order valence-corrected chi connectivity index (χ3v) is 2.56. The summed E-state index contributed by atoms with van der Waals surface area (Å²) >= 11 is 0. The minimum Gasteiger partial charge on any atom is -0.477 e. The third kappa shape index (κ3) is 3.22. The van der Waals surface area contributed by atoms with Crippen LogP contribution in [0.1, 0.15) is 42.0 Å². The number of carboxylic acids is 1. The standard InChI is InChI=1S/C12H18N2O2/c1-3-4-5-6-7-8-14-10(2)13-9-11(14)12(15)16/h3,9H,1,4-8H2,2H3,(H,15,16). The van der Waals surface area contributed by atoms with Crippen molar-refractivity contribution in [2.75, 3.05) is 0 Å². The van der Waals surface area contributed by atoms with Crippen LogP contribution in [0.2, 0.25) is 0 Å². The number of imidazole rings is 1. The van der Waals surface area contributed by atoms with Crippen LogP contribution in [0.5, 0.6) is 0 Å². The van der Waals surface area contributed by atoms with E-state index in [-0.39, 0.29) is 5.69 Å². The molecule has 88 valence electrons. The monoisotopic (exact) mass is 222 g/mol. The molecule has 1 N–H and O–H groups in total. The maximum absolute atomic E-state index is 10.9. The Hall–Kier alpha value is -1.58. The fourth-order valence-electron chi connectivity index (χ4n) is 1.66. The number of carbonyl (C=O) groups is 1. The van der Waals surface area contributed by atoms with Gasteiger partial charge >= 0.3 is 5.97 Å². The smallest absolute Gasteiger partial charge is 0.354 e. The Morgan fingerprint density at radius 1 is 1.56 bits per heavy atom. The van der Waals surface area contributed by atoms with Crippen LogP contribution in [-0.2, 0) is 6.54 Å². The Kier molecular flexibility index (Phi) is 4.76. The molecule has 4 heteroatoms. The first-order valence-corrected chi connectivity index (χ1v) is 5.53. The van der Waals surface area contributed by atoms with E-state index in [1.807, 2.05) is 13.0 Å². The highest BCUT2D eigenvalue weighted by Gasteiger charge is 2.12. The Labute approximate surface area is 95.6 Å². The van der Waals surface area contributed by atoms with Gasteiger partial charge in [-0.05, 0) is 26.2 Å². The highest BCUT2D eigenvalue weighted by molar-refractivity contribution is 5.85. The van der Waals surface area contributed by atoms with Gasteiger partial charge in [-0.2, -0.15) is 0 Å². The van der Waals surface area contributed by atoms with Gasteiger partial charge < -0.3 is 9.67 Å². The van der Waals surface area contributed by atoms with E-state index in [0.717, 1.165) is 38.1 Å². The molecule has 0 atom stereocenters. The number of allylic oxidation sites excluding steroid dienone is 1. The van der Waals surface area contributed by atoms with E-state index < -0.39 is 5.97 Å². The van der Waals surface area contributed by atoms with Gasteiger partial charge in [0.25, 0.3) is 0 Å². The number of hydrogen-bond donors (Lipinski definition) is 1. The molecule has 0 unspecified atom stereocenters. The van der Waals surface area contributed by atoms with Crippen LogP contribution in [0.25, 0.3) is 0 Å². The lowest BCUT2D eigenvalue weighted by atomic mass is 10.2. The molecule has 0 radical (unpaired) electrons. The molecule has 0 saturated heterocycles. The Morgan fingerprint density at radius 3 is 2.94 bits per heavy atom. The highest BCUT2D eigenvalue weighted by atomic mass is 16.4. The van der Waals surface area contributed by atoms with E-state index in [1.165, 1.54) is 6.20 Å². The van der Waals surface area contributed by atoms with Gasteiger partial charge in [0.15, 0.2) is 0 Å². The fourth-order valence-corrected chi connectivity index (χ4v) is 1.66. The molecule has 1 heterocycles. The van der Waals surface area contributed by atoms with Crippen molar-refractivity contribution in [3.05, 3.63) is 30.4 Å². The summed E-state index contributed by atoms with van der Waals surface area (Å²) in [4.78, 5) is 14.9. The minimum absolute atomic E-state index is 0.279. The van der Waals surface area contributed by atoms with E-state index in [0.29, 0.717) is 0 Å². The van der Waals surface area contributed by atoms with Crippen molar-refractivity contribution >= 4 is 5.97 Å². The molecule has 1 rings (SSSR count). The number of carboxylic acid groups (broad SMARTS) is 1. The molecular weight excluding hydrogens is 204 g/mol. The summed E-state index contributed by atoms with van der Waals surface area (Å²) in [6, 6.07) is 0. The fraction of sp³-hybridized carbons (Fsp3) is 0.500. The highest BCUT2D eigenvalue weighted by Crippen LogP contribution is 2.09. The van der Waals surface area contributed by atoms with Crippen molar-refractivity contribution < 1.29 is 9.90 Å². The Morgan fingerprint density at radius 2 is 2.31 bits per heavy atom. The third-order valence-electron chi connectivity index (χ3n) is 2.56.